The largest absolute Gasteiger partial charge is 0.307 e. The van der Waals surface area contributed by atoms with Crippen molar-refractivity contribution in [3.8, 4) is 0 Å². The van der Waals surface area contributed by atoms with Crippen LogP contribution in [0.15, 0.2) is 6.07 Å². The molecule has 1 N–H and O–H groups in total. The van der Waals surface area contributed by atoms with Crippen molar-refractivity contribution < 1.29 is 0 Å². The van der Waals surface area contributed by atoms with Crippen molar-refractivity contribution in [2.45, 2.75) is 38.8 Å². The van der Waals surface area contributed by atoms with Crippen molar-refractivity contribution >= 4 is 34.5 Å². The molecule has 1 nitrogen and oxygen atoms in total. The fourth-order valence-electron chi connectivity index (χ4n) is 1.96. The smallest absolute Gasteiger partial charge is 0.0991 e. The van der Waals surface area contributed by atoms with Crippen LogP contribution < -0.4 is 5.32 Å². The molecule has 0 spiro atoms. The minimum absolute atomic E-state index is 0.308. The Morgan fingerprint density at radius 3 is 2.80 bits per heavy atom. The van der Waals surface area contributed by atoms with Crippen molar-refractivity contribution in [2.75, 3.05) is 0 Å². The first-order valence-electron chi connectivity index (χ1n) is 5.32. The summed E-state index contributed by atoms with van der Waals surface area (Å²) in [6.07, 6.45) is 2.57. The Morgan fingerprint density at radius 2 is 2.33 bits per heavy atom. The number of rotatable bonds is 4. The maximum atomic E-state index is 6.11. The number of hydrogen-bond acceptors (Lipinski definition) is 2. The minimum Gasteiger partial charge on any atom is -0.307 e. The van der Waals surface area contributed by atoms with E-state index in [-0.39, 0.29) is 0 Å². The van der Waals surface area contributed by atoms with Crippen molar-refractivity contribution in [1.29, 1.82) is 0 Å². The molecule has 84 valence electrons. The number of thiophene rings is 1. The molecule has 3 atom stereocenters. The molecule has 4 heteroatoms. The van der Waals surface area contributed by atoms with E-state index in [1.165, 1.54) is 24.2 Å². The highest BCUT2D eigenvalue weighted by atomic mass is 35.5. The van der Waals surface area contributed by atoms with E-state index in [2.05, 4.69) is 19.2 Å². The highest BCUT2D eigenvalue weighted by Crippen LogP contribution is 2.38. The van der Waals surface area contributed by atoms with Gasteiger partial charge in [0.05, 0.1) is 8.67 Å². The summed E-state index contributed by atoms with van der Waals surface area (Å²) >= 11 is 13.5. The fraction of sp³-hybridized carbons (Fsp3) is 0.636. The van der Waals surface area contributed by atoms with Gasteiger partial charge in [0.2, 0.25) is 0 Å². The molecular formula is C11H15Cl2NS. The Bertz CT molecular complexity index is 350. The summed E-state index contributed by atoms with van der Waals surface area (Å²) in [5.74, 6) is 0.861. The van der Waals surface area contributed by atoms with E-state index in [0.717, 1.165) is 20.2 Å². The Labute approximate surface area is 105 Å². The van der Waals surface area contributed by atoms with Gasteiger partial charge in [-0.05, 0) is 30.9 Å². The standard InChI is InChI=1S/C11H15Cl2NS/c1-3-7-4-9(7)14-6(2)8-5-10(12)15-11(8)13/h5-7,9,14H,3-4H2,1-2H3. The van der Waals surface area contributed by atoms with Gasteiger partial charge in [0.15, 0.2) is 0 Å². The van der Waals surface area contributed by atoms with Gasteiger partial charge in [-0.15, -0.1) is 11.3 Å². The monoisotopic (exact) mass is 263 g/mol. The van der Waals surface area contributed by atoms with Gasteiger partial charge in [0.25, 0.3) is 0 Å². The zero-order chi connectivity index (χ0) is 11.0. The fourth-order valence-corrected chi connectivity index (χ4v) is 3.61. The molecular weight excluding hydrogens is 249 g/mol. The Hall–Kier alpha value is 0.240. The first-order valence-corrected chi connectivity index (χ1v) is 6.89. The first kappa shape index (κ1) is 11.7. The Balaban J connectivity index is 1.96. The molecule has 1 saturated carbocycles. The van der Waals surface area contributed by atoms with Gasteiger partial charge in [0.1, 0.15) is 0 Å². The molecule has 1 aromatic rings. The Kier molecular flexibility index (Phi) is 3.61. The van der Waals surface area contributed by atoms with E-state index in [9.17, 15) is 0 Å². The summed E-state index contributed by atoms with van der Waals surface area (Å²) in [5, 5.41) is 3.59. The number of nitrogens with one attached hydrogen (secondary N) is 1. The van der Waals surface area contributed by atoms with Crippen molar-refractivity contribution in [3.05, 3.63) is 20.3 Å². The second-order valence-electron chi connectivity index (χ2n) is 4.18. The molecule has 1 heterocycles. The molecule has 3 unspecified atom stereocenters. The molecule has 15 heavy (non-hydrogen) atoms. The molecule has 2 rings (SSSR count). The van der Waals surface area contributed by atoms with Crippen molar-refractivity contribution in [2.24, 2.45) is 5.92 Å². The van der Waals surface area contributed by atoms with Crippen LogP contribution >= 0.6 is 34.5 Å². The van der Waals surface area contributed by atoms with E-state index < -0.39 is 0 Å². The van der Waals surface area contributed by atoms with Crippen LogP contribution in [0.25, 0.3) is 0 Å². The van der Waals surface area contributed by atoms with Crippen molar-refractivity contribution in [1.82, 2.24) is 5.32 Å². The molecule has 0 aliphatic heterocycles. The Morgan fingerprint density at radius 1 is 1.60 bits per heavy atom. The van der Waals surface area contributed by atoms with Gasteiger partial charge in [-0.3, -0.25) is 0 Å². The average molecular weight is 264 g/mol. The van der Waals surface area contributed by atoms with E-state index in [4.69, 9.17) is 23.2 Å². The molecule has 1 aliphatic carbocycles. The van der Waals surface area contributed by atoms with Crippen LogP contribution in [0.1, 0.15) is 38.3 Å². The number of hydrogen-bond donors (Lipinski definition) is 1. The normalized spacial score (nSPS) is 26.7. The predicted octanol–water partition coefficient (Wildman–Crippen LogP) is 4.50. The van der Waals surface area contributed by atoms with Crippen molar-refractivity contribution in [3.63, 3.8) is 0 Å². The second-order valence-corrected chi connectivity index (χ2v) is 6.46. The van der Waals surface area contributed by atoms with Crippen LogP contribution in [0.4, 0.5) is 0 Å². The highest BCUT2D eigenvalue weighted by molar-refractivity contribution is 7.20. The van der Waals surface area contributed by atoms with Gasteiger partial charge < -0.3 is 5.32 Å². The maximum absolute atomic E-state index is 6.11. The van der Waals surface area contributed by atoms with Crippen LogP contribution in [0.2, 0.25) is 8.67 Å². The lowest BCUT2D eigenvalue weighted by molar-refractivity contribution is 0.540. The number of halogens is 2. The summed E-state index contributed by atoms with van der Waals surface area (Å²) in [4.78, 5) is 0. The van der Waals surface area contributed by atoms with Crippen LogP contribution in [0, 0.1) is 5.92 Å². The molecule has 0 aromatic carbocycles. The van der Waals surface area contributed by atoms with E-state index >= 15 is 0 Å². The lowest BCUT2D eigenvalue weighted by Gasteiger charge is -2.12. The van der Waals surface area contributed by atoms with Crippen LogP contribution in [-0.4, -0.2) is 6.04 Å². The third kappa shape index (κ3) is 2.68. The molecule has 0 radical (unpaired) electrons. The lowest BCUT2D eigenvalue weighted by Crippen LogP contribution is -2.22. The molecule has 1 fully saturated rings. The van der Waals surface area contributed by atoms with Crippen LogP contribution in [0.5, 0.6) is 0 Å². The van der Waals surface area contributed by atoms with Gasteiger partial charge in [0, 0.05) is 12.1 Å². The zero-order valence-corrected chi connectivity index (χ0v) is 11.2. The third-order valence-electron chi connectivity index (χ3n) is 3.06. The SMILES string of the molecule is CCC1CC1NC(C)c1cc(Cl)sc1Cl. The predicted molar refractivity (Wildman–Crippen MR) is 68.1 cm³/mol. The maximum Gasteiger partial charge on any atom is 0.0991 e. The topological polar surface area (TPSA) is 12.0 Å². The molecule has 0 bridgehead atoms. The molecule has 1 aromatic heterocycles. The van der Waals surface area contributed by atoms with Gasteiger partial charge in [-0.1, -0.05) is 36.5 Å². The quantitative estimate of drug-likeness (QED) is 0.844. The van der Waals surface area contributed by atoms with Gasteiger partial charge >= 0.3 is 0 Å². The average Bonchev–Trinajstić information content (AvgIpc) is 2.83. The van der Waals surface area contributed by atoms with Crippen LogP contribution in [0.3, 0.4) is 0 Å². The summed E-state index contributed by atoms with van der Waals surface area (Å²) in [7, 11) is 0. The van der Waals surface area contributed by atoms with Gasteiger partial charge in [-0.2, -0.15) is 0 Å². The first-order chi connectivity index (χ1) is 7.11. The summed E-state index contributed by atoms with van der Waals surface area (Å²) in [6, 6.07) is 2.96. The summed E-state index contributed by atoms with van der Waals surface area (Å²) in [6.45, 7) is 4.39. The minimum atomic E-state index is 0.308. The third-order valence-corrected chi connectivity index (χ3v) is 4.58. The van der Waals surface area contributed by atoms with Crippen LogP contribution in [-0.2, 0) is 0 Å². The second kappa shape index (κ2) is 4.62. The molecule has 1 aliphatic rings. The van der Waals surface area contributed by atoms with E-state index in [1.807, 2.05) is 6.07 Å². The molecule has 0 amide bonds. The van der Waals surface area contributed by atoms with E-state index in [0.29, 0.717) is 12.1 Å². The van der Waals surface area contributed by atoms with Gasteiger partial charge in [-0.25, -0.2) is 0 Å². The summed E-state index contributed by atoms with van der Waals surface area (Å²) in [5.41, 5.74) is 1.13. The van der Waals surface area contributed by atoms with E-state index in [1.54, 1.807) is 0 Å². The zero-order valence-electron chi connectivity index (χ0n) is 8.89. The lowest BCUT2D eigenvalue weighted by atomic mass is 10.2. The summed E-state index contributed by atoms with van der Waals surface area (Å²) < 4.78 is 1.58. The highest BCUT2D eigenvalue weighted by Gasteiger charge is 2.36. The molecule has 0 saturated heterocycles.